The van der Waals surface area contributed by atoms with Crippen LogP contribution in [0.3, 0.4) is 0 Å². The Kier molecular flexibility index (Phi) is 5.27. The molecule has 1 atom stereocenters. The molecule has 1 aromatic rings. The van der Waals surface area contributed by atoms with Gasteiger partial charge < -0.3 is 10.4 Å². The van der Waals surface area contributed by atoms with Gasteiger partial charge in [-0.15, -0.1) is 0 Å². The number of carbonyl (C=O) groups is 2. The lowest BCUT2D eigenvalue weighted by molar-refractivity contribution is -0.149. The Balaban J connectivity index is 2.58. The predicted molar refractivity (Wildman–Crippen MR) is 77.3 cm³/mol. The number of carbonyl (C=O) groups excluding carboxylic acids is 1. The van der Waals surface area contributed by atoms with Gasteiger partial charge in [-0.05, 0) is 33.4 Å². The highest BCUT2D eigenvalue weighted by Crippen LogP contribution is 2.13. The summed E-state index contributed by atoms with van der Waals surface area (Å²) in [6.07, 6.45) is 0. The third kappa shape index (κ3) is 4.06. The molecule has 0 saturated heterocycles. The molecular formula is C15H22N2O3. The minimum Gasteiger partial charge on any atom is -0.480 e. The summed E-state index contributed by atoms with van der Waals surface area (Å²) >= 11 is 0. The summed E-state index contributed by atoms with van der Waals surface area (Å²) in [7, 11) is 1.63. The SMILES string of the molecule is CC(NC(=O)CN(C)C(C)(C)C(=O)O)c1ccccc1. The van der Waals surface area contributed by atoms with Crippen LogP contribution in [0.15, 0.2) is 30.3 Å². The van der Waals surface area contributed by atoms with Crippen LogP contribution in [0, 0.1) is 0 Å². The van der Waals surface area contributed by atoms with E-state index in [2.05, 4.69) is 5.32 Å². The monoisotopic (exact) mass is 278 g/mol. The first-order chi connectivity index (χ1) is 9.25. The van der Waals surface area contributed by atoms with Gasteiger partial charge in [-0.2, -0.15) is 0 Å². The Morgan fingerprint density at radius 3 is 2.35 bits per heavy atom. The summed E-state index contributed by atoms with van der Waals surface area (Å²) in [5, 5.41) is 12.0. The van der Waals surface area contributed by atoms with E-state index >= 15 is 0 Å². The fourth-order valence-corrected chi connectivity index (χ4v) is 1.69. The van der Waals surface area contributed by atoms with Gasteiger partial charge in [0, 0.05) is 0 Å². The van der Waals surface area contributed by atoms with Crippen LogP contribution in [0.1, 0.15) is 32.4 Å². The fourth-order valence-electron chi connectivity index (χ4n) is 1.69. The lowest BCUT2D eigenvalue weighted by Crippen LogP contribution is -2.51. The van der Waals surface area contributed by atoms with Gasteiger partial charge in [-0.1, -0.05) is 30.3 Å². The van der Waals surface area contributed by atoms with E-state index in [1.807, 2.05) is 37.3 Å². The van der Waals surface area contributed by atoms with Gasteiger partial charge in [0.1, 0.15) is 5.54 Å². The largest absolute Gasteiger partial charge is 0.480 e. The maximum atomic E-state index is 12.0. The molecule has 0 spiro atoms. The quantitative estimate of drug-likeness (QED) is 0.830. The first-order valence-corrected chi connectivity index (χ1v) is 6.54. The molecule has 0 aliphatic heterocycles. The molecule has 0 bridgehead atoms. The van der Waals surface area contributed by atoms with Crippen LogP contribution in [-0.2, 0) is 9.59 Å². The van der Waals surface area contributed by atoms with E-state index in [9.17, 15) is 9.59 Å². The highest BCUT2D eigenvalue weighted by Gasteiger charge is 2.33. The van der Waals surface area contributed by atoms with Crippen LogP contribution in [0.4, 0.5) is 0 Å². The molecule has 0 radical (unpaired) electrons. The van der Waals surface area contributed by atoms with Crippen molar-refractivity contribution in [3.63, 3.8) is 0 Å². The third-order valence-corrected chi connectivity index (χ3v) is 3.54. The van der Waals surface area contributed by atoms with E-state index in [0.29, 0.717) is 0 Å². The van der Waals surface area contributed by atoms with Gasteiger partial charge in [0.25, 0.3) is 0 Å². The number of hydrogen-bond donors (Lipinski definition) is 2. The second-order valence-corrected chi connectivity index (χ2v) is 5.42. The van der Waals surface area contributed by atoms with Crippen LogP contribution in [-0.4, -0.2) is 41.0 Å². The van der Waals surface area contributed by atoms with Crippen molar-refractivity contribution >= 4 is 11.9 Å². The zero-order valence-corrected chi connectivity index (χ0v) is 12.4. The van der Waals surface area contributed by atoms with E-state index in [0.717, 1.165) is 5.56 Å². The number of carboxylic acids is 1. The van der Waals surface area contributed by atoms with Crippen molar-refractivity contribution in [2.75, 3.05) is 13.6 Å². The summed E-state index contributed by atoms with van der Waals surface area (Å²) in [5.74, 6) is -1.15. The molecule has 110 valence electrons. The third-order valence-electron chi connectivity index (χ3n) is 3.54. The van der Waals surface area contributed by atoms with Gasteiger partial charge in [-0.3, -0.25) is 14.5 Å². The van der Waals surface area contributed by atoms with Crippen LogP contribution in [0.2, 0.25) is 0 Å². The fraction of sp³-hybridized carbons (Fsp3) is 0.467. The first kappa shape index (κ1) is 16.2. The standard InChI is InChI=1S/C15H22N2O3/c1-11(12-8-6-5-7-9-12)16-13(18)10-17(4)15(2,3)14(19)20/h5-9,11H,10H2,1-4H3,(H,16,18)(H,19,20). The molecular weight excluding hydrogens is 256 g/mol. The summed E-state index contributed by atoms with van der Waals surface area (Å²) in [4.78, 5) is 24.6. The molecule has 1 unspecified atom stereocenters. The molecule has 0 aliphatic rings. The molecule has 5 nitrogen and oxygen atoms in total. The van der Waals surface area contributed by atoms with Crippen molar-refractivity contribution in [1.29, 1.82) is 0 Å². The second-order valence-electron chi connectivity index (χ2n) is 5.42. The van der Waals surface area contributed by atoms with Crippen LogP contribution in [0.5, 0.6) is 0 Å². The molecule has 0 aliphatic carbocycles. The van der Waals surface area contributed by atoms with Gasteiger partial charge >= 0.3 is 5.97 Å². The van der Waals surface area contributed by atoms with Gasteiger partial charge in [0.05, 0.1) is 12.6 Å². The number of nitrogens with one attached hydrogen (secondary N) is 1. The summed E-state index contributed by atoms with van der Waals surface area (Å²) in [6, 6.07) is 9.52. The first-order valence-electron chi connectivity index (χ1n) is 6.54. The van der Waals surface area contributed by atoms with Crippen molar-refractivity contribution in [3.8, 4) is 0 Å². The highest BCUT2D eigenvalue weighted by atomic mass is 16.4. The number of amides is 1. The maximum absolute atomic E-state index is 12.0. The molecule has 2 N–H and O–H groups in total. The lowest BCUT2D eigenvalue weighted by Gasteiger charge is -2.31. The van der Waals surface area contributed by atoms with Crippen LogP contribution in [0.25, 0.3) is 0 Å². The van der Waals surface area contributed by atoms with E-state index < -0.39 is 11.5 Å². The Morgan fingerprint density at radius 1 is 1.30 bits per heavy atom. The number of likely N-dealkylation sites (N-methyl/N-ethyl adjacent to an activating group) is 1. The van der Waals surface area contributed by atoms with Crippen LogP contribution >= 0.6 is 0 Å². The number of nitrogens with zero attached hydrogens (tertiary/aromatic N) is 1. The van der Waals surface area contributed by atoms with Gasteiger partial charge in [-0.25, -0.2) is 0 Å². The lowest BCUT2D eigenvalue weighted by atomic mass is 10.0. The van der Waals surface area contributed by atoms with Crippen molar-refractivity contribution in [3.05, 3.63) is 35.9 Å². The number of benzene rings is 1. The highest BCUT2D eigenvalue weighted by molar-refractivity contribution is 5.81. The summed E-state index contributed by atoms with van der Waals surface area (Å²) in [6.45, 7) is 5.08. The summed E-state index contributed by atoms with van der Waals surface area (Å²) < 4.78 is 0. The molecule has 20 heavy (non-hydrogen) atoms. The zero-order valence-electron chi connectivity index (χ0n) is 12.4. The molecule has 1 aromatic carbocycles. The molecule has 1 amide bonds. The zero-order chi connectivity index (χ0) is 15.3. The van der Waals surface area contributed by atoms with Crippen molar-refractivity contribution < 1.29 is 14.7 Å². The molecule has 0 saturated carbocycles. The predicted octanol–water partition coefficient (Wildman–Crippen LogP) is 1.66. The average molecular weight is 278 g/mol. The topological polar surface area (TPSA) is 69.6 Å². The summed E-state index contributed by atoms with van der Waals surface area (Å²) in [5.41, 5.74) is -0.0613. The number of rotatable bonds is 6. The molecule has 0 aromatic heterocycles. The number of aliphatic carboxylic acids is 1. The van der Waals surface area contributed by atoms with Crippen molar-refractivity contribution in [2.45, 2.75) is 32.4 Å². The van der Waals surface area contributed by atoms with Crippen LogP contribution < -0.4 is 5.32 Å². The van der Waals surface area contributed by atoms with Gasteiger partial charge in [0.2, 0.25) is 5.91 Å². The molecule has 1 rings (SSSR count). The van der Waals surface area contributed by atoms with Gasteiger partial charge in [0.15, 0.2) is 0 Å². The Hall–Kier alpha value is -1.88. The minimum absolute atomic E-state index is 0.0382. The normalized spacial score (nSPS) is 13.1. The molecule has 0 heterocycles. The van der Waals surface area contributed by atoms with E-state index in [1.54, 1.807) is 20.9 Å². The van der Waals surface area contributed by atoms with E-state index in [4.69, 9.17) is 5.11 Å². The minimum atomic E-state index is -1.08. The van der Waals surface area contributed by atoms with E-state index in [-0.39, 0.29) is 18.5 Å². The average Bonchev–Trinajstić information content (AvgIpc) is 2.39. The second kappa shape index (κ2) is 6.52. The number of carboxylic acid groups (broad SMARTS) is 1. The Bertz CT molecular complexity index is 471. The van der Waals surface area contributed by atoms with Crippen molar-refractivity contribution in [2.24, 2.45) is 0 Å². The maximum Gasteiger partial charge on any atom is 0.323 e. The molecule has 0 fully saturated rings. The Morgan fingerprint density at radius 2 is 1.85 bits per heavy atom. The smallest absolute Gasteiger partial charge is 0.323 e. The van der Waals surface area contributed by atoms with E-state index in [1.165, 1.54) is 4.90 Å². The Labute approximate surface area is 119 Å². The molecule has 5 heteroatoms. The van der Waals surface area contributed by atoms with Crippen molar-refractivity contribution in [1.82, 2.24) is 10.2 Å². The number of hydrogen-bond acceptors (Lipinski definition) is 3.